The topological polar surface area (TPSA) is 108 Å². The number of H-pyrrole nitrogens is 1. The van der Waals surface area contributed by atoms with Crippen LogP contribution >= 0.6 is 11.6 Å². The molecule has 9 heteroatoms. The summed E-state index contributed by atoms with van der Waals surface area (Å²) in [4.78, 5) is 47.2. The highest BCUT2D eigenvalue weighted by atomic mass is 35.5. The number of carboxylic acid groups (broad SMARTS) is 1. The Balaban J connectivity index is 1.42. The highest BCUT2D eigenvalue weighted by molar-refractivity contribution is 6.30. The van der Waals surface area contributed by atoms with E-state index in [1.807, 2.05) is 29.5 Å². The van der Waals surface area contributed by atoms with Crippen LogP contribution in [0.1, 0.15) is 58.9 Å². The van der Waals surface area contributed by atoms with E-state index in [4.69, 9.17) is 11.6 Å². The summed E-state index contributed by atoms with van der Waals surface area (Å²) in [7, 11) is 0. The van der Waals surface area contributed by atoms with Crippen LogP contribution in [0, 0.1) is 12.8 Å². The van der Waals surface area contributed by atoms with Crippen LogP contribution < -0.4 is 10.5 Å². The molecule has 1 fully saturated rings. The van der Waals surface area contributed by atoms with Crippen LogP contribution in [0.5, 0.6) is 0 Å². The van der Waals surface area contributed by atoms with Gasteiger partial charge in [-0.25, -0.2) is 4.98 Å². The zero-order chi connectivity index (χ0) is 25.1. The Labute approximate surface area is 211 Å². The van der Waals surface area contributed by atoms with Gasteiger partial charge >= 0.3 is 5.97 Å². The van der Waals surface area contributed by atoms with E-state index >= 15 is 0 Å². The molecule has 6 rings (SSSR count). The molecule has 36 heavy (non-hydrogen) atoms. The number of carbonyl (C=O) groups excluding carboxylic acids is 1. The summed E-state index contributed by atoms with van der Waals surface area (Å²) in [6, 6.07) is 9.25. The Morgan fingerprint density at radius 2 is 1.89 bits per heavy atom. The third-order valence-corrected chi connectivity index (χ3v) is 7.94. The van der Waals surface area contributed by atoms with Crippen LogP contribution in [0.3, 0.4) is 0 Å². The van der Waals surface area contributed by atoms with Gasteiger partial charge in [0.1, 0.15) is 11.3 Å². The Morgan fingerprint density at radius 1 is 1.11 bits per heavy atom. The second kappa shape index (κ2) is 8.48. The number of aryl methyl sites for hydroxylation is 1. The van der Waals surface area contributed by atoms with E-state index in [2.05, 4.69) is 9.97 Å². The Morgan fingerprint density at radius 3 is 2.64 bits per heavy atom. The van der Waals surface area contributed by atoms with Gasteiger partial charge in [0.05, 0.1) is 23.1 Å². The fourth-order valence-corrected chi connectivity index (χ4v) is 5.98. The van der Waals surface area contributed by atoms with E-state index in [1.165, 1.54) is 0 Å². The maximum atomic E-state index is 13.6. The van der Waals surface area contributed by atoms with Crippen molar-refractivity contribution >= 4 is 45.7 Å². The van der Waals surface area contributed by atoms with Crippen molar-refractivity contribution in [2.24, 2.45) is 5.92 Å². The van der Waals surface area contributed by atoms with Gasteiger partial charge < -0.3 is 15.0 Å². The Hall–Kier alpha value is -3.65. The van der Waals surface area contributed by atoms with E-state index in [0.29, 0.717) is 53.8 Å². The predicted molar refractivity (Wildman–Crippen MR) is 137 cm³/mol. The Kier molecular flexibility index (Phi) is 5.37. The van der Waals surface area contributed by atoms with Gasteiger partial charge in [0.25, 0.3) is 11.5 Å². The number of imidazole rings is 1. The van der Waals surface area contributed by atoms with Crippen LogP contribution in [0.2, 0.25) is 5.02 Å². The maximum Gasteiger partial charge on any atom is 0.306 e. The number of hydrogen-bond acceptors (Lipinski definition) is 4. The minimum absolute atomic E-state index is 0.0719. The van der Waals surface area contributed by atoms with Gasteiger partial charge in [-0.3, -0.25) is 18.8 Å². The minimum atomic E-state index is -0.750. The second-order valence-electron chi connectivity index (χ2n) is 9.84. The third-order valence-electron chi connectivity index (χ3n) is 7.71. The van der Waals surface area contributed by atoms with Crippen molar-refractivity contribution in [1.82, 2.24) is 14.4 Å². The molecular formula is C27H25ClN4O4. The van der Waals surface area contributed by atoms with Crippen molar-refractivity contribution in [3.05, 3.63) is 74.4 Å². The van der Waals surface area contributed by atoms with E-state index < -0.39 is 5.97 Å². The van der Waals surface area contributed by atoms with Gasteiger partial charge in [0.15, 0.2) is 0 Å². The number of anilines is 1. The van der Waals surface area contributed by atoms with E-state index in [-0.39, 0.29) is 23.3 Å². The monoisotopic (exact) mass is 504 g/mol. The lowest BCUT2D eigenvalue weighted by atomic mass is 9.81. The van der Waals surface area contributed by atoms with Gasteiger partial charge in [-0.2, -0.15) is 0 Å². The number of aliphatic carboxylic acids is 1. The normalized spacial score (nSPS) is 19.7. The van der Waals surface area contributed by atoms with Gasteiger partial charge in [-0.05, 0) is 80.5 Å². The number of hydrogen-bond donors (Lipinski definition) is 2. The lowest BCUT2D eigenvalue weighted by Gasteiger charge is -2.25. The van der Waals surface area contributed by atoms with Gasteiger partial charge in [0, 0.05) is 28.7 Å². The summed E-state index contributed by atoms with van der Waals surface area (Å²) in [6.45, 7) is 2.48. The number of aromatic amines is 1. The number of amides is 1. The van der Waals surface area contributed by atoms with Crippen LogP contribution in [0.15, 0.2) is 41.3 Å². The number of rotatable bonds is 3. The summed E-state index contributed by atoms with van der Waals surface area (Å²) in [6.07, 6.45) is 4.93. The first kappa shape index (κ1) is 22.8. The summed E-state index contributed by atoms with van der Waals surface area (Å²) in [5.41, 5.74) is 4.76. The van der Waals surface area contributed by atoms with Gasteiger partial charge in [0.2, 0.25) is 0 Å². The molecule has 0 radical (unpaired) electrons. The number of benzene rings is 2. The molecule has 0 bridgehead atoms. The van der Waals surface area contributed by atoms with E-state index in [9.17, 15) is 19.5 Å². The number of nitrogens with one attached hydrogen (secondary N) is 1. The molecule has 1 saturated carbocycles. The SMILES string of the molecule is Cc1cc2c(cc1C(=O)N1CCc3cc(Cl)ccc31)[nH]c(=O)c1cnc(C3CCC(C(=O)O)CC3)n12. The largest absolute Gasteiger partial charge is 0.481 e. The first-order chi connectivity index (χ1) is 17.3. The predicted octanol–water partition coefficient (Wildman–Crippen LogP) is 4.70. The van der Waals surface area contributed by atoms with Crippen LogP contribution in [0.25, 0.3) is 16.6 Å². The molecule has 4 aromatic rings. The second-order valence-corrected chi connectivity index (χ2v) is 10.3. The van der Waals surface area contributed by atoms with Crippen molar-refractivity contribution < 1.29 is 14.7 Å². The van der Waals surface area contributed by atoms with Crippen molar-refractivity contribution in [2.45, 2.75) is 44.9 Å². The molecule has 0 saturated heterocycles. The standard InChI is InChI=1S/C27H25ClN4O4/c1-14-10-22-20(12-19(14)26(34)31-9-8-17-11-18(28)6-7-21(17)31)30-25(33)23-13-29-24(32(22)23)15-2-4-16(5-3-15)27(35)36/h6-7,10-13,15-16H,2-5,8-9H2,1H3,(H,30,33)(H,35,36). The van der Waals surface area contributed by atoms with Crippen molar-refractivity contribution in [2.75, 3.05) is 11.4 Å². The van der Waals surface area contributed by atoms with Crippen molar-refractivity contribution in [1.29, 1.82) is 0 Å². The lowest BCUT2D eigenvalue weighted by Crippen LogP contribution is -2.29. The molecule has 0 atom stereocenters. The molecule has 2 N–H and O–H groups in total. The molecule has 184 valence electrons. The van der Waals surface area contributed by atoms with Crippen LogP contribution in [0.4, 0.5) is 5.69 Å². The molecule has 3 heterocycles. The van der Waals surface area contributed by atoms with Crippen molar-refractivity contribution in [3.8, 4) is 0 Å². The summed E-state index contributed by atoms with van der Waals surface area (Å²) in [5.74, 6) is -0.347. The van der Waals surface area contributed by atoms with Crippen LogP contribution in [-0.4, -0.2) is 37.9 Å². The summed E-state index contributed by atoms with van der Waals surface area (Å²) < 4.78 is 1.88. The summed E-state index contributed by atoms with van der Waals surface area (Å²) >= 11 is 6.13. The van der Waals surface area contributed by atoms with Crippen molar-refractivity contribution in [3.63, 3.8) is 0 Å². The molecule has 2 aliphatic rings. The minimum Gasteiger partial charge on any atom is -0.481 e. The van der Waals surface area contributed by atoms with Gasteiger partial charge in [-0.1, -0.05) is 11.6 Å². The molecule has 1 aliphatic carbocycles. The smallest absolute Gasteiger partial charge is 0.306 e. The number of fused-ring (bicyclic) bond motifs is 4. The maximum absolute atomic E-state index is 13.6. The van der Waals surface area contributed by atoms with Crippen LogP contribution in [-0.2, 0) is 11.2 Å². The fraction of sp³-hybridized carbons (Fsp3) is 0.333. The summed E-state index contributed by atoms with van der Waals surface area (Å²) in [5, 5.41) is 10.00. The molecular weight excluding hydrogens is 480 g/mol. The first-order valence-corrected chi connectivity index (χ1v) is 12.6. The molecule has 8 nitrogen and oxygen atoms in total. The average molecular weight is 505 g/mol. The third kappa shape index (κ3) is 3.59. The number of carbonyl (C=O) groups is 2. The molecule has 2 aromatic heterocycles. The van der Waals surface area contributed by atoms with E-state index in [1.54, 1.807) is 23.2 Å². The zero-order valence-electron chi connectivity index (χ0n) is 19.8. The number of aromatic nitrogens is 3. The zero-order valence-corrected chi connectivity index (χ0v) is 20.5. The molecule has 1 aliphatic heterocycles. The number of nitrogens with zero attached hydrogens (tertiary/aromatic N) is 3. The molecule has 0 spiro atoms. The highest BCUT2D eigenvalue weighted by Crippen LogP contribution is 2.37. The average Bonchev–Trinajstić information content (AvgIpc) is 3.49. The quantitative estimate of drug-likeness (QED) is 0.420. The highest BCUT2D eigenvalue weighted by Gasteiger charge is 2.30. The number of halogens is 1. The number of carboxylic acids is 1. The lowest BCUT2D eigenvalue weighted by molar-refractivity contribution is -0.142. The fourth-order valence-electron chi connectivity index (χ4n) is 5.79. The molecule has 1 amide bonds. The molecule has 2 aromatic carbocycles. The molecule has 0 unspecified atom stereocenters. The Bertz CT molecular complexity index is 1610. The van der Waals surface area contributed by atoms with E-state index in [0.717, 1.165) is 34.6 Å². The van der Waals surface area contributed by atoms with Gasteiger partial charge in [-0.15, -0.1) is 0 Å². The first-order valence-electron chi connectivity index (χ1n) is 12.2.